The summed E-state index contributed by atoms with van der Waals surface area (Å²) < 4.78 is 18.3. The largest absolute Gasteiger partial charge is 0.462 e. The summed E-state index contributed by atoms with van der Waals surface area (Å²) >= 11 is 0. The summed E-state index contributed by atoms with van der Waals surface area (Å²) in [5, 5.41) is 0. The molecule has 6 atom stereocenters. The van der Waals surface area contributed by atoms with Crippen molar-refractivity contribution < 1.29 is 19.0 Å². The van der Waals surface area contributed by atoms with E-state index in [1.165, 1.54) is 19.3 Å². The van der Waals surface area contributed by atoms with Crippen LogP contribution in [-0.4, -0.2) is 31.1 Å². The van der Waals surface area contributed by atoms with Crippen molar-refractivity contribution in [2.24, 2.45) is 34.0 Å². The van der Waals surface area contributed by atoms with Gasteiger partial charge in [-0.2, -0.15) is 0 Å². The van der Waals surface area contributed by atoms with E-state index in [2.05, 4.69) is 33.8 Å². The van der Waals surface area contributed by atoms with Crippen molar-refractivity contribution in [1.82, 2.24) is 0 Å². The van der Waals surface area contributed by atoms with Gasteiger partial charge >= 0.3 is 5.97 Å². The van der Waals surface area contributed by atoms with Crippen LogP contribution in [0.4, 0.5) is 0 Å². The first-order chi connectivity index (χ1) is 13.6. The highest BCUT2D eigenvalue weighted by atomic mass is 16.7. The van der Waals surface area contributed by atoms with Gasteiger partial charge in [-0.3, -0.25) is 4.79 Å². The zero-order valence-corrected chi connectivity index (χ0v) is 18.9. The van der Waals surface area contributed by atoms with Gasteiger partial charge in [-0.1, -0.05) is 39.3 Å². The number of ether oxygens (including phenoxy) is 3. The lowest BCUT2D eigenvalue weighted by atomic mass is 9.44. The average Bonchev–Trinajstić information content (AvgIpc) is 3.25. The van der Waals surface area contributed by atoms with Crippen molar-refractivity contribution in [3.8, 4) is 0 Å². The van der Waals surface area contributed by atoms with E-state index in [0.717, 1.165) is 44.8 Å². The van der Waals surface area contributed by atoms with Crippen molar-refractivity contribution in [1.29, 1.82) is 0 Å². The fourth-order valence-electron chi connectivity index (χ4n) is 8.63. The van der Waals surface area contributed by atoms with Crippen LogP contribution in [0, 0.1) is 34.0 Å². The Kier molecular flexibility index (Phi) is 4.37. The number of esters is 1. The van der Waals surface area contributed by atoms with Crippen molar-refractivity contribution in [2.75, 3.05) is 13.2 Å². The number of fused-ring (bicyclic) bond motifs is 5. The molecule has 0 aromatic heterocycles. The molecule has 0 aromatic carbocycles. The second kappa shape index (κ2) is 6.32. The molecule has 29 heavy (non-hydrogen) atoms. The SMILES string of the molecule is CC(=O)O[C@H]1CC[C@@H]2[C@H]3CC=C4C(C)(C)C5(CC[C@]4(C)[C@@H]3CC[C@@]12C)OCCO5. The monoisotopic (exact) mass is 402 g/mol. The second-order valence-electron chi connectivity index (χ2n) is 11.4. The smallest absolute Gasteiger partial charge is 0.302 e. The molecule has 4 heteroatoms. The fourth-order valence-corrected chi connectivity index (χ4v) is 8.63. The maximum atomic E-state index is 11.7. The summed E-state index contributed by atoms with van der Waals surface area (Å²) in [5.41, 5.74) is 1.88. The van der Waals surface area contributed by atoms with E-state index in [4.69, 9.17) is 14.2 Å². The summed E-state index contributed by atoms with van der Waals surface area (Å²) in [6.45, 7) is 12.6. The molecule has 162 valence electrons. The summed E-state index contributed by atoms with van der Waals surface area (Å²) in [4.78, 5) is 11.7. The second-order valence-corrected chi connectivity index (χ2v) is 11.4. The van der Waals surface area contributed by atoms with Gasteiger partial charge in [-0.05, 0) is 61.7 Å². The maximum Gasteiger partial charge on any atom is 0.302 e. The molecule has 0 N–H and O–H groups in total. The predicted octanol–water partition coefficient (Wildman–Crippen LogP) is 5.26. The fraction of sp³-hybridized carbons (Fsp3) is 0.880. The molecule has 0 amide bonds. The Morgan fingerprint density at radius 1 is 1.00 bits per heavy atom. The van der Waals surface area contributed by atoms with Gasteiger partial charge in [0.2, 0.25) is 0 Å². The molecule has 5 aliphatic rings. The minimum Gasteiger partial charge on any atom is -0.462 e. The van der Waals surface area contributed by atoms with Gasteiger partial charge in [0.05, 0.1) is 13.2 Å². The Morgan fingerprint density at radius 2 is 1.72 bits per heavy atom. The molecule has 4 fully saturated rings. The third kappa shape index (κ3) is 2.54. The van der Waals surface area contributed by atoms with Crippen LogP contribution in [0.2, 0.25) is 0 Å². The van der Waals surface area contributed by atoms with E-state index in [1.54, 1.807) is 12.5 Å². The first-order valence-corrected chi connectivity index (χ1v) is 11.8. The molecule has 0 unspecified atom stereocenters. The van der Waals surface area contributed by atoms with E-state index < -0.39 is 5.79 Å². The summed E-state index contributed by atoms with van der Waals surface area (Å²) in [5.74, 6) is 1.54. The minimum absolute atomic E-state index is 0.0851. The third-order valence-corrected chi connectivity index (χ3v) is 10.0. The van der Waals surface area contributed by atoms with Gasteiger partial charge in [0.1, 0.15) is 6.10 Å². The molecule has 0 radical (unpaired) electrons. The zero-order valence-electron chi connectivity index (χ0n) is 18.9. The van der Waals surface area contributed by atoms with Crippen LogP contribution < -0.4 is 0 Å². The number of allylic oxidation sites excluding steroid dienone is 1. The van der Waals surface area contributed by atoms with Crippen LogP contribution in [-0.2, 0) is 19.0 Å². The Balaban J connectivity index is 1.48. The Hall–Kier alpha value is -0.870. The van der Waals surface area contributed by atoms with Crippen LogP contribution in [0.3, 0.4) is 0 Å². The van der Waals surface area contributed by atoms with E-state index in [9.17, 15) is 4.79 Å². The van der Waals surface area contributed by atoms with Crippen molar-refractivity contribution in [3.05, 3.63) is 11.6 Å². The first kappa shape index (κ1) is 20.1. The lowest BCUT2D eigenvalue weighted by molar-refractivity contribution is -0.246. The number of carbonyl (C=O) groups is 1. The quantitative estimate of drug-likeness (QED) is 0.443. The van der Waals surface area contributed by atoms with Crippen LogP contribution >= 0.6 is 0 Å². The van der Waals surface area contributed by atoms with Crippen LogP contribution in [0.15, 0.2) is 11.6 Å². The molecular formula is C25H38O4. The van der Waals surface area contributed by atoms with E-state index in [-0.39, 0.29) is 28.3 Å². The molecule has 1 spiro atoms. The predicted molar refractivity (Wildman–Crippen MR) is 111 cm³/mol. The van der Waals surface area contributed by atoms with Crippen molar-refractivity contribution in [2.45, 2.75) is 91.5 Å². The average molecular weight is 403 g/mol. The van der Waals surface area contributed by atoms with Crippen LogP contribution in [0.25, 0.3) is 0 Å². The minimum atomic E-state index is -0.428. The van der Waals surface area contributed by atoms with E-state index >= 15 is 0 Å². The molecular weight excluding hydrogens is 364 g/mol. The summed E-state index contributed by atoms with van der Waals surface area (Å²) in [7, 11) is 0. The lowest BCUT2D eigenvalue weighted by Crippen LogP contribution is -2.59. The topological polar surface area (TPSA) is 44.8 Å². The molecule has 3 saturated carbocycles. The highest BCUT2D eigenvalue weighted by Crippen LogP contribution is 2.69. The normalized spacial score (nSPS) is 47.1. The van der Waals surface area contributed by atoms with E-state index in [0.29, 0.717) is 11.8 Å². The number of hydrogen-bond acceptors (Lipinski definition) is 4. The van der Waals surface area contributed by atoms with Gasteiger partial charge in [-0.15, -0.1) is 0 Å². The highest BCUT2D eigenvalue weighted by Gasteiger charge is 2.65. The molecule has 1 heterocycles. The number of hydrogen-bond donors (Lipinski definition) is 0. The Bertz CT molecular complexity index is 733. The number of carbonyl (C=O) groups excluding carboxylic acids is 1. The van der Waals surface area contributed by atoms with Crippen molar-refractivity contribution in [3.63, 3.8) is 0 Å². The van der Waals surface area contributed by atoms with Crippen LogP contribution in [0.5, 0.6) is 0 Å². The van der Waals surface area contributed by atoms with E-state index in [1.807, 2.05) is 0 Å². The molecule has 0 aromatic rings. The van der Waals surface area contributed by atoms with Crippen LogP contribution in [0.1, 0.15) is 79.6 Å². The van der Waals surface area contributed by atoms with Gasteiger partial charge in [0, 0.05) is 24.2 Å². The number of rotatable bonds is 1. The molecule has 1 aliphatic heterocycles. The Morgan fingerprint density at radius 3 is 2.41 bits per heavy atom. The molecule has 4 nitrogen and oxygen atoms in total. The Labute approximate surface area is 175 Å². The molecule has 1 saturated heterocycles. The third-order valence-electron chi connectivity index (χ3n) is 10.0. The maximum absolute atomic E-state index is 11.7. The molecule has 0 bridgehead atoms. The molecule has 4 aliphatic carbocycles. The standard InChI is InChI=1S/C25H38O4/c1-16(26)29-21-9-7-18-17-6-8-20-22(2,3)25(27-14-15-28-25)13-12-23(20,4)19(17)10-11-24(18,21)5/h8,17-19,21H,6-7,9-15H2,1-5H3/t17-,18-,19-,21+,23-,24-/m1/s1. The van der Waals surface area contributed by atoms with Gasteiger partial charge in [-0.25, -0.2) is 0 Å². The van der Waals surface area contributed by atoms with Gasteiger partial charge in [0.15, 0.2) is 5.79 Å². The zero-order chi connectivity index (χ0) is 20.7. The lowest BCUT2D eigenvalue weighted by Gasteiger charge is -2.62. The van der Waals surface area contributed by atoms with Gasteiger partial charge < -0.3 is 14.2 Å². The summed E-state index contributed by atoms with van der Waals surface area (Å²) in [6, 6.07) is 0. The molecule has 5 rings (SSSR count). The highest BCUT2D eigenvalue weighted by molar-refractivity contribution is 5.66. The van der Waals surface area contributed by atoms with Crippen molar-refractivity contribution >= 4 is 5.97 Å². The summed E-state index contributed by atoms with van der Waals surface area (Å²) in [6.07, 6.45) is 10.6. The first-order valence-electron chi connectivity index (χ1n) is 11.8. The van der Waals surface area contributed by atoms with Gasteiger partial charge in [0.25, 0.3) is 0 Å².